The molecule has 0 heterocycles. The molecule has 0 amide bonds. The van der Waals surface area contributed by atoms with Crippen molar-refractivity contribution >= 4 is 25.7 Å². The van der Waals surface area contributed by atoms with Crippen molar-refractivity contribution in [2.45, 2.75) is 4.90 Å². The highest BCUT2D eigenvalue weighted by Crippen LogP contribution is 2.12. The summed E-state index contributed by atoms with van der Waals surface area (Å²) in [6, 6.07) is 5.64. The van der Waals surface area contributed by atoms with E-state index in [2.05, 4.69) is 10.1 Å². The lowest BCUT2D eigenvalue weighted by molar-refractivity contribution is 0.581. The van der Waals surface area contributed by atoms with Crippen molar-refractivity contribution in [2.24, 2.45) is 11.0 Å². The number of nitrogens with two attached hydrogens (primary N) is 2. The zero-order chi connectivity index (χ0) is 13.8. The zero-order valence-electron chi connectivity index (χ0n) is 9.33. The first-order valence-corrected chi connectivity index (χ1v) is 8.01. The molecule has 0 aliphatic rings. The van der Waals surface area contributed by atoms with Gasteiger partial charge < -0.3 is 5.43 Å². The van der Waals surface area contributed by atoms with Gasteiger partial charge in [-0.25, -0.2) is 26.7 Å². The normalized spacial score (nSPS) is 12.3. The van der Waals surface area contributed by atoms with Crippen LogP contribution in [0.5, 0.6) is 0 Å². The standard InChI is InChI=1S/C8H14N4O4S2/c9-12-7-1-3-8(4-2-7)18(15,16)11-5-6-17(10,13)14/h1-4,11-12H,5-6,9H2,(H2,10,13,14). The van der Waals surface area contributed by atoms with E-state index in [1.54, 1.807) is 0 Å². The number of nitrogen functional groups attached to an aromatic ring is 1. The van der Waals surface area contributed by atoms with Crippen LogP contribution in [-0.2, 0) is 20.0 Å². The van der Waals surface area contributed by atoms with Gasteiger partial charge in [0, 0.05) is 12.2 Å². The molecule has 18 heavy (non-hydrogen) atoms. The molecule has 0 radical (unpaired) electrons. The molecule has 8 nitrogen and oxygen atoms in total. The zero-order valence-corrected chi connectivity index (χ0v) is 11.0. The Morgan fingerprint density at radius 3 is 2.06 bits per heavy atom. The average molecular weight is 294 g/mol. The van der Waals surface area contributed by atoms with Crippen molar-refractivity contribution in [1.82, 2.24) is 4.72 Å². The number of hydrogen-bond donors (Lipinski definition) is 4. The van der Waals surface area contributed by atoms with E-state index >= 15 is 0 Å². The highest BCUT2D eigenvalue weighted by molar-refractivity contribution is 7.90. The summed E-state index contributed by atoms with van der Waals surface area (Å²) in [5.74, 6) is 4.68. The fourth-order valence-electron chi connectivity index (χ4n) is 1.13. The average Bonchev–Trinajstić information content (AvgIpc) is 2.27. The third-order valence-corrected chi connectivity index (χ3v) is 4.26. The third-order valence-electron chi connectivity index (χ3n) is 2.01. The van der Waals surface area contributed by atoms with Crippen LogP contribution in [0.3, 0.4) is 0 Å². The number of rotatable bonds is 6. The van der Waals surface area contributed by atoms with Gasteiger partial charge in [0.1, 0.15) is 0 Å². The predicted molar refractivity (Wildman–Crippen MR) is 67.4 cm³/mol. The maximum atomic E-state index is 11.7. The van der Waals surface area contributed by atoms with Crippen LogP contribution in [0.15, 0.2) is 29.2 Å². The fourth-order valence-corrected chi connectivity index (χ4v) is 2.68. The second kappa shape index (κ2) is 5.63. The fraction of sp³-hybridized carbons (Fsp3) is 0.250. The van der Waals surface area contributed by atoms with Gasteiger partial charge in [-0.1, -0.05) is 0 Å². The van der Waals surface area contributed by atoms with Crippen molar-refractivity contribution in [3.8, 4) is 0 Å². The highest BCUT2D eigenvalue weighted by Gasteiger charge is 2.14. The summed E-state index contributed by atoms with van der Waals surface area (Å²) >= 11 is 0. The molecule has 0 unspecified atom stereocenters. The first kappa shape index (κ1) is 14.9. The summed E-state index contributed by atoms with van der Waals surface area (Å²) in [6.45, 7) is -0.280. The van der Waals surface area contributed by atoms with Gasteiger partial charge in [0.25, 0.3) is 0 Å². The van der Waals surface area contributed by atoms with E-state index in [1.165, 1.54) is 24.3 Å². The van der Waals surface area contributed by atoms with Gasteiger partial charge in [0.05, 0.1) is 10.6 Å². The van der Waals surface area contributed by atoms with E-state index in [0.717, 1.165) is 0 Å². The summed E-state index contributed by atoms with van der Waals surface area (Å²) in [5.41, 5.74) is 2.91. The van der Waals surface area contributed by atoms with Crippen LogP contribution in [0.1, 0.15) is 0 Å². The van der Waals surface area contributed by atoms with Crippen molar-refractivity contribution < 1.29 is 16.8 Å². The van der Waals surface area contributed by atoms with Crippen LogP contribution >= 0.6 is 0 Å². The van der Waals surface area contributed by atoms with Crippen LogP contribution in [0.25, 0.3) is 0 Å². The second-order valence-corrected chi connectivity index (χ2v) is 6.93. The molecule has 0 fully saturated rings. The maximum Gasteiger partial charge on any atom is 0.240 e. The van der Waals surface area contributed by atoms with Crippen LogP contribution < -0.4 is 21.1 Å². The van der Waals surface area contributed by atoms with E-state index in [0.29, 0.717) is 5.69 Å². The lowest BCUT2D eigenvalue weighted by Gasteiger charge is -2.06. The van der Waals surface area contributed by atoms with Crippen molar-refractivity contribution in [3.05, 3.63) is 24.3 Å². The largest absolute Gasteiger partial charge is 0.324 e. The molecular weight excluding hydrogens is 280 g/mol. The quantitative estimate of drug-likeness (QED) is 0.373. The van der Waals surface area contributed by atoms with Crippen LogP contribution in [0, 0.1) is 0 Å². The molecule has 10 heteroatoms. The van der Waals surface area contributed by atoms with Gasteiger partial charge in [0.2, 0.25) is 20.0 Å². The SMILES string of the molecule is NNc1ccc(S(=O)(=O)NCCS(N)(=O)=O)cc1. The lowest BCUT2D eigenvalue weighted by atomic mass is 10.3. The summed E-state index contributed by atoms with van der Waals surface area (Å²) in [6.07, 6.45) is 0. The maximum absolute atomic E-state index is 11.7. The topological polar surface area (TPSA) is 144 Å². The molecule has 0 aromatic heterocycles. The number of primary sulfonamides is 1. The number of hydrogen-bond acceptors (Lipinski definition) is 6. The first-order valence-electron chi connectivity index (χ1n) is 4.81. The first-order chi connectivity index (χ1) is 8.24. The predicted octanol–water partition coefficient (Wildman–Crippen LogP) is -1.46. The molecule has 6 N–H and O–H groups in total. The second-order valence-electron chi connectivity index (χ2n) is 3.43. The van der Waals surface area contributed by atoms with Crippen molar-refractivity contribution in [3.63, 3.8) is 0 Å². The van der Waals surface area contributed by atoms with E-state index in [-0.39, 0.29) is 11.4 Å². The van der Waals surface area contributed by atoms with Crippen molar-refractivity contribution in [2.75, 3.05) is 17.7 Å². The molecule has 0 aliphatic heterocycles. The van der Waals surface area contributed by atoms with Crippen molar-refractivity contribution in [1.29, 1.82) is 0 Å². The Morgan fingerprint density at radius 1 is 1.06 bits per heavy atom. The van der Waals surface area contributed by atoms with E-state index in [1.807, 2.05) is 0 Å². The van der Waals surface area contributed by atoms with E-state index in [4.69, 9.17) is 11.0 Å². The molecule has 0 aliphatic carbocycles. The van der Waals surface area contributed by atoms with Crippen LogP contribution in [0.2, 0.25) is 0 Å². The van der Waals surface area contributed by atoms with Gasteiger partial charge in [-0.15, -0.1) is 0 Å². The summed E-state index contributed by atoms with van der Waals surface area (Å²) in [5, 5.41) is 4.76. The molecule has 1 aromatic carbocycles. The minimum Gasteiger partial charge on any atom is -0.324 e. The van der Waals surface area contributed by atoms with Gasteiger partial charge in [-0.2, -0.15) is 0 Å². The Balaban J connectivity index is 2.74. The number of sulfonamides is 2. The summed E-state index contributed by atoms with van der Waals surface area (Å²) < 4.78 is 46.9. The number of hydrazine groups is 1. The van der Waals surface area contributed by atoms with Gasteiger partial charge in [0.15, 0.2) is 0 Å². The Hall–Kier alpha value is -1.20. The smallest absolute Gasteiger partial charge is 0.240 e. The monoisotopic (exact) mass is 294 g/mol. The third kappa shape index (κ3) is 4.58. The Labute approximate surface area is 105 Å². The summed E-state index contributed by atoms with van der Waals surface area (Å²) in [4.78, 5) is 0.0101. The Morgan fingerprint density at radius 2 is 1.61 bits per heavy atom. The summed E-state index contributed by atoms with van der Waals surface area (Å²) in [7, 11) is -7.44. The molecule has 0 atom stereocenters. The minimum atomic E-state index is -3.75. The molecule has 1 rings (SSSR count). The molecule has 102 valence electrons. The number of benzene rings is 1. The Kier molecular flexibility index (Phi) is 4.65. The molecule has 0 saturated carbocycles. The van der Waals surface area contributed by atoms with Gasteiger partial charge >= 0.3 is 0 Å². The lowest BCUT2D eigenvalue weighted by Crippen LogP contribution is -2.31. The van der Waals surface area contributed by atoms with E-state index in [9.17, 15) is 16.8 Å². The molecule has 0 bridgehead atoms. The minimum absolute atomic E-state index is 0.0101. The van der Waals surface area contributed by atoms with E-state index < -0.39 is 25.8 Å². The molecular formula is C8H14N4O4S2. The van der Waals surface area contributed by atoms with Gasteiger partial charge in [-0.3, -0.25) is 5.84 Å². The van der Waals surface area contributed by atoms with Crippen LogP contribution in [-0.4, -0.2) is 29.1 Å². The number of nitrogens with one attached hydrogen (secondary N) is 2. The Bertz CT molecular complexity index is 594. The molecule has 0 spiro atoms. The molecule has 1 aromatic rings. The molecule has 0 saturated heterocycles. The van der Waals surface area contributed by atoms with Gasteiger partial charge in [-0.05, 0) is 24.3 Å². The van der Waals surface area contributed by atoms with Crippen LogP contribution in [0.4, 0.5) is 5.69 Å². The highest BCUT2D eigenvalue weighted by atomic mass is 32.2. The number of anilines is 1.